The van der Waals surface area contributed by atoms with Gasteiger partial charge in [0.15, 0.2) is 0 Å². The summed E-state index contributed by atoms with van der Waals surface area (Å²) in [5.41, 5.74) is 1.04. The van der Waals surface area contributed by atoms with Crippen molar-refractivity contribution >= 4 is 17.5 Å². The van der Waals surface area contributed by atoms with Gasteiger partial charge in [0.05, 0.1) is 6.54 Å². The predicted molar refractivity (Wildman–Crippen MR) is 82.2 cm³/mol. The van der Waals surface area contributed by atoms with Crippen molar-refractivity contribution in [3.8, 4) is 0 Å². The third-order valence-corrected chi connectivity index (χ3v) is 3.02. The minimum atomic E-state index is 0.0471. The van der Waals surface area contributed by atoms with E-state index in [9.17, 15) is 4.79 Å². The molecule has 0 saturated carbocycles. The van der Waals surface area contributed by atoms with Gasteiger partial charge >= 0.3 is 0 Å². The van der Waals surface area contributed by atoms with Gasteiger partial charge in [0.2, 0.25) is 5.91 Å². The van der Waals surface area contributed by atoms with Crippen LogP contribution in [0.25, 0.3) is 0 Å². The molecule has 0 unspecified atom stereocenters. The number of carbonyl (C=O) groups excluding carboxylic acids is 1. The zero-order chi connectivity index (χ0) is 15.3. The van der Waals surface area contributed by atoms with E-state index in [-0.39, 0.29) is 11.8 Å². The zero-order valence-electron chi connectivity index (χ0n) is 13.3. The molecule has 0 atom stereocenters. The zero-order valence-corrected chi connectivity index (χ0v) is 13.3. The molecule has 1 amide bonds. The maximum atomic E-state index is 11.8. The van der Waals surface area contributed by atoms with Gasteiger partial charge in [-0.15, -0.1) is 0 Å². The highest BCUT2D eigenvalue weighted by molar-refractivity contribution is 5.81. The van der Waals surface area contributed by atoms with E-state index in [2.05, 4.69) is 29.1 Å². The summed E-state index contributed by atoms with van der Waals surface area (Å²) in [5, 5.41) is 3.26. The Morgan fingerprint density at radius 1 is 1.30 bits per heavy atom. The molecule has 6 nitrogen and oxygen atoms in total. The molecule has 0 aliphatic heterocycles. The highest BCUT2D eigenvalue weighted by atomic mass is 16.2. The van der Waals surface area contributed by atoms with Crippen LogP contribution in [-0.2, 0) is 4.79 Å². The molecule has 0 fully saturated rings. The first-order chi connectivity index (χ1) is 9.38. The number of anilines is 2. The Hall–Kier alpha value is -1.85. The van der Waals surface area contributed by atoms with Crippen LogP contribution in [0.4, 0.5) is 11.6 Å². The molecule has 0 aromatic carbocycles. The van der Waals surface area contributed by atoms with Gasteiger partial charge in [-0.3, -0.25) is 4.79 Å². The van der Waals surface area contributed by atoms with Crippen LogP contribution in [0.15, 0.2) is 6.33 Å². The lowest BCUT2D eigenvalue weighted by molar-refractivity contribution is -0.127. The molecule has 0 bridgehead atoms. The first kappa shape index (κ1) is 16.2. The smallest absolute Gasteiger partial charge is 0.241 e. The number of hydrogen-bond acceptors (Lipinski definition) is 5. The lowest BCUT2D eigenvalue weighted by Crippen LogP contribution is -2.35. The second-order valence-electron chi connectivity index (χ2n) is 5.29. The number of aromatic nitrogens is 2. The van der Waals surface area contributed by atoms with Gasteiger partial charge < -0.3 is 15.1 Å². The normalized spacial score (nSPS) is 10.6. The molecule has 20 heavy (non-hydrogen) atoms. The third kappa shape index (κ3) is 3.82. The van der Waals surface area contributed by atoms with Crippen LogP contribution in [-0.4, -0.2) is 55.0 Å². The molecule has 1 rings (SSSR count). The predicted octanol–water partition coefficient (Wildman–Crippen LogP) is 1.56. The molecule has 6 heteroatoms. The number of nitrogens with one attached hydrogen (secondary N) is 1. The maximum Gasteiger partial charge on any atom is 0.241 e. The fourth-order valence-corrected chi connectivity index (χ4v) is 1.95. The lowest BCUT2D eigenvalue weighted by atomic mass is 10.0. The molecule has 0 aliphatic rings. The maximum absolute atomic E-state index is 11.8. The van der Waals surface area contributed by atoms with Gasteiger partial charge in [0.1, 0.15) is 18.0 Å². The number of amides is 1. The average molecular weight is 279 g/mol. The number of hydrogen-bond donors (Lipinski definition) is 1. The summed E-state index contributed by atoms with van der Waals surface area (Å²) >= 11 is 0. The highest BCUT2D eigenvalue weighted by Gasteiger charge is 2.19. The van der Waals surface area contributed by atoms with Crippen molar-refractivity contribution < 1.29 is 4.79 Å². The van der Waals surface area contributed by atoms with Crippen LogP contribution in [0.1, 0.15) is 32.3 Å². The van der Waals surface area contributed by atoms with Crippen molar-refractivity contribution in [2.24, 2.45) is 0 Å². The van der Waals surface area contributed by atoms with Crippen molar-refractivity contribution in [3.63, 3.8) is 0 Å². The fraction of sp³-hybridized carbons (Fsp3) is 0.643. The molecule has 1 N–H and O–H groups in total. The fourth-order valence-electron chi connectivity index (χ4n) is 1.95. The summed E-state index contributed by atoms with van der Waals surface area (Å²) < 4.78 is 0. The van der Waals surface area contributed by atoms with E-state index in [0.717, 1.165) is 23.7 Å². The molecule has 0 aliphatic carbocycles. The molecule has 1 aromatic rings. The average Bonchev–Trinajstić information content (AvgIpc) is 2.38. The van der Waals surface area contributed by atoms with Crippen LogP contribution in [0.5, 0.6) is 0 Å². The van der Waals surface area contributed by atoms with Crippen LogP contribution >= 0.6 is 0 Å². The summed E-state index contributed by atoms with van der Waals surface area (Å²) in [5.74, 6) is 1.97. The van der Waals surface area contributed by atoms with Gasteiger partial charge in [0, 0.05) is 33.3 Å². The van der Waals surface area contributed by atoms with Crippen LogP contribution in [0.3, 0.4) is 0 Å². The van der Waals surface area contributed by atoms with Gasteiger partial charge in [-0.05, 0) is 12.8 Å². The summed E-state index contributed by atoms with van der Waals surface area (Å²) in [4.78, 5) is 24.0. The van der Waals surface area contributed by atoms with E-state index in [0.29, 0.717) is 6.54 Å². The summed E-state index contributed by atoms with van der Waals surface area (Å²) in [6.45, 7) is 7.34. The number of likely N-dealkylation sites (N-methyl/N-ethyl adjacent to an activating group) is 2. The van der Waals surface area contributed by atoms with E-state index in [1.54, 1.807) is 19.0 Å². The minimum absolute atomic E-state index is 0.0471. The van der Waals surface area contributed by atoms with Crippen molar-refractivity contribution in [2.75, 3.05) is 44.4 Å². The molecule has 0 saturated heterocycles. The SMILES string of the molecule is CCNc1ncnc(N(C)CC(=O)N(C)C)c1C(C)C. The standard InChI is InChI=1S/C14H25N5O/c1-7-15-13-12(10(2)3)14(17-9-16-13)19(6)8-11(20)18(4)5/h9-10H,7-8H2,1-6H3,(H,15,16,17). The van der Waals surface area contributed by atoms with Gasteiger partial charge in [-0.25, -0.2) is 9.97 Å². The Morgan fingerprint density at radius 2 is 1.95 bits per heavy atom. The van der Waals surface area contributed by atoms with Crippen molar-refractivity contribution in [1.82, 2.24) is 14.9 Å². The Bertz CT molecular complexity index is 459. The topological polar surface area (TPSA) is 61.4 Å². The van der Waals surface area contributed by atoms with Crippen molar-refractivity contribution in [3.05, 3.63) is 11.9 Å². The Balaban J connectivity index is 3.10. The molecule has 0 spiro atoms. The highest BCUT2D eigenvalue weighted by Crippen LogP contribution is 2.30. The van der Waals surface area contributed by atoms with Crippen LogP contribution in [0.2, 0.25) is 0 Å². The molecule has 0 radical (unpaired) electrons. The molecular weight excluding hydrogens is 254 g/mol. The Labute approximate surface area is 121 Å². The van der Waals surface area contributed by atoms with E-state index < -0.39 is 0 Å². The van der Waals surface area contributed by atoms with Crippen LogP contribution < -0.4 is 10.2 Å². The monoisotopic (exact) mass is 279 g/mol. The summed E-state index contributed by atoms with van der Waals surface area (Å²) in [7, 11) is 5.39. The first-order valence-corrected chi connectivity index (χ1v) is 6.88. The van der Waals surface area contributed by atoms with Gasteiger partial charge in [-0.1, -0.05) is 13.8 Å². The van der Waals surface area contributed by atoms with E-state index >= 15 is 0 Å². The Morgan fingerprint density at radius 3 is 2.45 bits per heavy atom. The minimum Gasteiger partial charge on any atom is -0.370 e. The molecular formula is C14H25N5O. The van der Waals surface area contributed by atoms with Gasteiger partial charge in [0.25, 0.3) is 0 Å². The second-order valence-corrected chi connectivity index (χ2v) is 5.29. The summed E-state index contributed by atoms with van der Waals surface area (Å²) in [6.07, 6.45) is 1.54. The second kappa shape index (κ2) is 7.07. The quantitative estimate of drug-likeness (QED) is 0.856. The number of rotatable bonds is 6. The van der Waals surface area contributed by atoms with Gasteiger partial charge in [-0.2, -0.15) is 0 Å². The van der Waals surface area contributed by atoms with E-state index in [1.165, 1.54) is 6.33 Å². The Kier molecular flexibility index (Phi) is 5.73. The largest absolute Gasteiger partial charge is 0.370 e. The van der Waals surface area contributed by atoms with E-state index in [4.69, 9.17) is 0 Å². The number of nitrogens with zero attached hydrogens (tertiary/aromatic N) is 4. The first-order valence-electron chi connectivity index (χ1n) is 6.88. The van der Waals surface area contributed by atoms with E-state index in [1.807, 2.05) is 18.9 Å². The third-order valence-electron chi connectivity index (χ3n) is 3.02. The molecule has 112 valence electrons. The molecule has 1 heterocycles. The lowest BCUT2D eigenvalue weighted by Gasteiger charge is -2.25. The van der Waals surface area contributed by atoms with Crippen LogP contribution in [0, 0.1) is 0 Å². The van der Waals surface area contributed by atoms with Crippen molar-refractivity contribution in [2.45, 2.75) is 26.7 Å². The van der Waals surface area contributed by atoms with Crippen molar-refractivity contribution in [1.29, 1.82) is 0 Å². The molecule has 1 aromatic heterocycles. The summed E-state index contributed by atoms with van der Waals surface area (Å²) in [6, 6.07) is 0. The number of carbonyl (C=O) groups is 1.